The first kappa shape index (κ1) is 11.8. The number of aliphatic hydroxyl groups is 1. The Labute approximate surface area is 105 Å². The van der Waals surface area contributed by atoms with Crippen molar-refractivity contribution in [2.75, 3.05) is 13.1 Å². The number of likely N-dealkylation sites (tertiary alicyclic amines) is 1. The van der Waals surface area contributed by atoms with Crippen LogP contribution in [0.25, 0.3) is 0 Å². The van der Waals surface area contributed by atoms with Crippen molar-refractivity contribution in [3.63, 3.8) is 0 Å². The van der Waals surface area contributed by atoms with E-state index in [1.807, 2.05) is 5.38 Å². The molecule has 16 heavy (non-hydrogen) atoms. The van der Waals surface area contributed by atoms with Gasteiger partial charge in [-0.3, -0.25) is 0 Å². The van der Waals surface area contributed by atoms with Crippen molar-refractivity contribution < 1.29 is 15.0 Å². The van der Waals surface area contributed by atoms with Crippen molar-refractivity contribution in [3.05, 3.63) is 15.0 Å². The maximum Gasteiger partial charge on any atom is 0.407 e. The summed E-state index contributed by atoms with van der Waals surface area (Å²) in [6, 6.07) is 0. The molecule has 7 heteroatoms. The van der Waals surface area contributed by atoms with Gasteiger partial charge in [-0.25, -0.2) is 9.78 Å². The van der Waals surface area contributed by atoms with Crippen LogP contribution in [-0.2, 0) is 5.60 Å². The lowest BCUT2D eigenvalue weighted by Gasteiger charge is -2.35. The molecule has 0 spiro atoms. The van der Waals surface area contributed by atoms with Crippen LogP contribution in [0.3, 0.4) is 0 Å². The Kier molecular flexibility index (Phi) is 3.18. The van der Waals surface area contributed by atoms with Crippen molar-refractivity contribution in [1.29, 1.82) is 0 Å². The second kappa shape index (κ2) is 4.31. The van der Waals surface area contributed by atoms with Gasteiger partial charge in [-0.05, 0) is 15.9 Å². The van der Waals surface area contributed by atoms with Gasteiger partial charge in [0.25, 0.3) is 0 Å². The monoisotopic (exact) mass is 306 g/mol. The van der Waals surface area contributed by atoms with Crippen molar-refractivity contribution >= 4 is 33.4 Å². The molecule has 1 saturated heterocycles. The molecule has 1 aliphatic heterocycles. The van der Waals surface area contributed by atoms with Gasteiger partial charge in [-0.2, -0.15) is 0 Å². The fourth-order valence-corrected chi connectivity index (χ4v) is 3.16. The van der Waals surface area contributed by atoms with E-state index in [0.717, 1.165) is 0 Å². The van der Waals surface area contributed by atoms with Crippen LogP contribution < -0.4 is 0 Å². The van der Waals surface area contributed by atoms with Crippen LogP contribution in [0.5, 0.6) is 0 Å². The van der Waals surface area contributed by atoms with Crippen LogP contribution in [0.15, 0.2) is 9.98 Å². The van der Waals surface area contributed by atoms with E-state index in [0.29, 0.717) is 35.5 Å². The lowest BCUT2D eigenvalue weighted by molar-refractivity contribution is -0.0215. The number of hydrogen-bond acceptors (Lipinski definition) is 4. The molecule has 1 amide bonds. The molecule has 2 rings (SSSR count). The number of piperidine rings is 1. The van der Waals surface area contributed by atoms with Crippen molar-refractivity contribution in [1.82, 2.24) is 9.88 Å². The van der Waals surface area contributed by atoms with Crippen LogP contribution in [0.2, 0.25) is 0 Å². The third-order valence-corrected chi connectivity index (χ3v) is 4.48. The average molecular weight is 307 g/mol. The molecule has 1 aliphatic rings. The van der Waals surface area contributed by atoms with E-state index < -0.39 is 11.7 Å². The van der Waals surface area contributed by atoms with Crippen LogP contribution >= 0.6 is 27.3 Å². The summed E-state index contributed by atoms with van der Waals surface area (Å²) in [6.07, 6.45) is -0.124. The summed E-state index contributed by atoms with van der Waals surface area (Å²) in [6.45, 7) is 0.700. The van der Waals surface area contributed by atoms with Gasteiger partial charge >= 0.3 is 6.09 Å². The highest BCUT2D eigenvalue weighted by molar-refractivity contribution is 9.10. The molecule has 2 heterocycles. The summed E-state index contributed by atoms with van der Waals surface area (Å²) in [7, 11) is 0. The molecule has 0 atom stereocenters. The molecule has 0 unspecified atom stereocenters. The Hall–Kier alpha value is -0.660. The second-order valence-corrected chi connectivity index (χ2v) is 5.45. The molecule has 5 nitrogen and oxygen atoms in total. The highest BCUT2D eigenvalue weighted by Gasteiger charge is 2.37. The van der Waals surface area contributed by atoms with Crippen LogP contribution in [0, 0.1) is 0 Å². The van der Waals surface area contributed by atoms with Gasteiger partial charge in [0.15, 0.2) is 0 Å². The summed E-state index contributed by atoms with van der Waals surface area (Å²) in [4.78, 5) is 16.2. The number of aromatic nitrogens is 1. The van der Waals surface area contributed by atoms with Crippen LogP contribution in [0.1, 0.15) is 17.8 Å². The maximum atomic E-state index is 10.7. The molecule has 1 aromatic rings. The van der Waals surface area contributed by atoms with Gasteiger partial charge in [0.05, 0.1) is 0 Å². The minimum atomic E-state index is -0.970. The minimum absolute atomic E-state index is 0.350. The predicted molar refractivity (Wildman–Crippen MR) is 62.5 cm³/mol. The number of thiazole rings is 1. The van der Waals surface area contributed by atoms with E-state index in [-0.39, 0.29) is 0 Å². The Balaban J connectivity index is 2.09. The molecule has 0 radical (unpaired) electrons. The van der Waals surface area contributed by atoms with Crippen molar-refractivity contribution in [3.8, 4) is 0 Å². The lowest BCUT2D eigenvalue weighted by Crippen LogP contribution is -2.44. The third kappa shape index (κ3) is 2.21. The Bertz CT molecular complexity index is 401. The van der Waals surface area contributed by atoms with Gasteiger partial charge in [-0.1, -0.05) is 0 Å². The number of carbonyl (C=O) groups is 1. The van der Waals surface area contributed by atoms with Gasteiger partial charge in [0.2, 0.25) is 0 Å². The third-order valence-electron chi connectivity index (χ3n) is 2.74. The lowest BCUT2D eigenvalue weighted by atomic mass is 9.92. The fraction of sp³-hybridized carbons (Fsp3) is 0.556. The first-order valence-electron chi connectivity index (χ1n) is 4.83. The molecule has 0 aromatic carbocycles. The van der Waals surface area contributed by atoms with E-state index in [4.69, 9.17) is 5.11 Å². The summed E-state index contributed by atoms with van der Waals surface area (Å²) in [5.74, 6) is 0. The first-order chi connectivity index (χ1) is 7.51. The van der Waals surface area contributed by atoms with Gasteiger partial charge in [-0.15, -0.1) is 11.3 Å². The van der Waals surface area contributed by atoms with Gasteiger partial charge in [0, 0.05) is 31.3 Å². The van der Waals surface area contributed by atoms with E-state index in [2.05, 4.69) is 20.9 Å². The highest BCUT2D eigenvalue weighted by Crippen LogP contribution is 2.35. The standard InChI is InChI=1S/C9H11BrN2O3S/c10-6-5-16-7(11-6)9(15)1-3-12(4-2-9)8(13)14/h5,15H,1-4H2,(H,13,14). The van der Waals surface area contributed by atoms with Crippen molar-refractivity contribution in [2.24, 2.45) is 0 Å². The first-order valence-corrected chi connectivity index (χ1v) is 6.50. The zero-order valence-electron chi connectivity index (χ0n) is 8.39. The summed E-state index contributed by atoms with van der Waals surface area (Å²) >= 11 is 4.63. The number of nitrogens with zero attached hydrogens (tertiary/aromatic N) is 2. The predicted octanol–water partition coefficient (Wildman–Crippen LogP) is 1.87. The molecule has 0 bridgehead atoms. The molecule has 88 valence electrons. The number of amides is 1. The minimum Gasteiger partial charge on any atom is -0.465 e. The molecule has 1 fully saturated rings. The Morgan fingerprint density at radius 1 is 1.56 bits per heavy atom. The number of hydrogen-bond donors (Lipinski definition) is 2. The molecular weight excluding hydrogens is 296 g/mol. The normalized spacial score (nSPS) is 19.8. The molecule has 2 N–H and O–H groups in total. The number of rotatable bonds is 1. The Morgan fingerprint density at radius 3 is 2.62 bits per heavy atom. The van der Waals surface area contributed by atoms with Crippen molar-refractivity contribution in [2.45, 2.75) is 18.4 Å². The summed E-state index contributed by atoms with van der Waals surface area (Å²) < 4.78 is 0.710. The molecule has 0 aliphatic carbocycles. The largest absolute Gasteiger partial charge is 0.465 e. The van der Waals surface area contributed by atoms with E-state index in [9.17, 15) is 9.90 Å². The maximum absolute atomic E-state index is 10.7. The summed E-state index contributed by atoms with van der Waals surface area (Å²) in [5.41, 5.74) is -0.970. The SMILES string of the molecule is O=C(O)N1CCC(O)(c2nc(Br)cs2)CC1. The van der Waals surface area contributed by atoms with Crippen LogP contribution in [0.4, 0.5) is 4.79 Å². The number of carboxylic acid groups (broad SMARTS) is 1. The van der Waals surface area contributed by atoms with E-state index in [1.165, 1.54) is 16.2 Å². The van der Waals surface area contributed by atoms with Gasteiger partial charge in [0.1, 0.15) is 15.2 Å². The number of halogens is 1. The fourth-order valence-electron chi connectivity index (χ4n) is 1.75. The summed E-state index contributed by atoms with van der Waals surface area (Å²) in [5, 5.41) is 21.6. The Morgan fingerprint density at radius 2 is 2.19 bits per heavy atom. The van der Waals surface area contributed by atoms with E-state index >= 15 is 0 Å². The molecular formula is C9H11BrN2O3S. The van der Waals surface area contributed by atoms with E-state index in [1.54, 1.807) is 0 Å². The second-order valence-electron chi connectivity index (χ2n) is 3.78. The topological polar surface area (TPSA) is 73.7 Å². The quantitative estimate of drug-likeness (QED) is 0.830. The smallest absolute Gasteiger partial charge is 0.407 e. The van der Waals surface area contributed by atoms with Gasteiger partial charge < -0.3 is 15.1 Å². The average Bonchev–Trinajstić information content (AvgIpc) is 2.66. The molecule has 1 aromatic heterocycles. The zero-order chi connectivity index (χ0) is 11.8. The zero-order valence-corrected chi connectivity index (χ0v) is 10.8. The highest BCUT2D eigenvalue weighted by atomic mass is 79.9. The van der Waals surface area contributed by atoms with Crippen LogP contribution in [-0.4, -0.2) is 39.3 Å². The molecule has 0 saturated carbocycles.